The average Bonchev–Trinajstić information content (AvgIpc) is 3.11. The molecule has 1 aliphatic rings. The maximum Gasteiger partial charge on any atom is 0.247 e. The van der Waals surface area contributed by atoms with Crippen LogP contribution in [0.1, 0.15) is 31.2 Å². The second kappa shape index (κ2) is 8.38. The third-order valence-electron chi connectivity index (χ3n) is 4.17. The van der Waals surface area contributed by atoms with Crippen molar-refractivity contribution in [1.82, 2.24) is 4.90 Å². The van der Waals surface area contributed by atoms with Crippen LogP contribution < -0.4 is 15.2 Å². The van der Waals surface area contributed by atoms with Crippen LogP contribution in [0.3, 0.4) is 0 Å². The molecule has 0 aliphatic heterocycles. The number of hydrogen-bond acceptors (Lipinski definition) is 4. The van der Waals surface area contributed by atoms with E-state index >= 15 is 0 Å². The Bertz CT molecular complexity index is 599. The number of benzene rings is 1. The van der Waals surface area contributed by atoms with Crippen molar-refractivity contribution in [3.05, 3.63) is 29.8 Å². The van der Waals surface area contributed by atoms with Crippen LogP contribution >= 0.6 is 0 Å². The number of rotatable bonds is 7. The van der Waals surface area contributed by atoms with Crippen molar-refractivity contribution >= 4 is 17.9 Å². The van der Waals surface area contributed by atoms with Gasteiger partial charge >= 0.3 is 0 Å². The fourth-order valence-electron chi connectivity index (χ4n) is 2.96. The van der Waals surface area contributed by atoms with Gasteiger partial charge in [-0.05, 0) is 36.6 Å². The fraction of sp³-hybridized carbons (Fsp3) is 0.444. The van der Waals surface area contributed by atoms with E-state index < -0.39 is 5.91 Å². The number of hydrogen-bond donors (Lipinski definition) is 1. The van der Waals surface area contributed by atoms with Gasteiger partial charge in [0.2, 0.25) is 11.8 Å². The van der Waals surface area contributed by atoms with E-state index in [1.807, 2.05) is 0 Å². The lowest BCUT2D eigenvalue weighted by atomic mass is 10.1. The third-order valence-corrected chi connectivity index (χ3v) is 4.17. The molecule has 6 heteroatoms. The van der Waals surface area contributed by atoms with Gasteiger partial charge in [-0.3, -0.25) is 9.59 Å². The lowest BCUT2D eigenvalue weighted by Gasteiger charge is -2.26. The molecule has 1 fully saturated rings. The topological polar surface area (TPSA) is 81.9 Å². The Hall–Kier alpha value is -2.50. The summed E-state index contributed by atoms with van der Waals surface area (Å²) < 4.78 is 10.4. The number of ether oxygens (including phenoxy) is 2. The largest absolute Gasteiger partial charge is 0.497 e. The predicted octanol–water partition coefficient (Wildman–Crippen LogP) is 1.97. The molecule has 0 heterocycles. The molecule has 130 valence electrons. The summed E-state index contributed by atoms with van der Waals surface area (Å²) in [6.07, 6.45) is 7.14. The Morgan fingerprint density at radius 3 is 2.25 bits per heavy atom. The zero-order valence-electron chi connectivity index (χ0n) is 14.2. The third kappa shape index (κ3) is 4.75. The molecule has 2 rings (SSSR count). The number of amides is 2. The minimum atomic E-state index is -0.494. The summed E-state index contributed by atoms with van der Waals surface area (Å²) in [6, 6.07) is 5.46. The Morgan fingerprint density at radius 2 is 1.75 bits per heavy atom. The van der Waals surface area contributed by atoms with Gasteiger partial charge in [-0.1, -0.05) is 12.8 Å². The van der Waals surface area contributed by atoms with Gasteiger partial charge in [0.15, 0.2) is 0 Å². The minimum absolute atomic E-state index is 0.0464. The molecule has 0 radical (unpaired) electrons. The molecular weight excluding hydrogens is 308 g/mol. The van der Waals surface area contributed by atoms with Crippen LogP contribution in [0, 0.1) is 0 Å². The number of methoxy groups -OCH3 is 2. The molecule has 1 aliphatic carbocycles. The van der Waals surface area contributed by atoms with Crippen molar-refractivity contribution < 1.29 is 19.1 Å². The highest BCUT2D eigenvalue weighted by atomic mass is 16.5. The number of nitrogens with zero attached hydrogens (tertiary/aromatic N) is 1. The van der Waals surface area contributed by atoms with Gasteiger partial charge in [0.05, 0.1) is 20.8 Å². The van der Waals surface area contributed by atoms with Crippen LogP contribution in [-0.2, 0) is 9.59 Å². The molecular formula is C18H24N2O4. The van der Waals surface area contributed by atoms with E-state index in [4.69, 9.17) is 15.2 Å². The van der Waals surface area contributed by atoms with Crippen LogP contribution in [-0.4, -0.2) is 43.5 Å². The van der Waals surface area contributed by atoms with E-state index in [2.05, 4.69) is 0 Å². The summed E-state index contributed by atoms with van der Waals surface area (Å²) in [4.78, 5) is 25.4. The molecule has 0 spiro atoms. The summed E-state index contributed by atoms with van der Waals surface area (Å²) in [7, 11) is 3.14. The summed E-state index contributed by atoms with van der Waals surface area (Å²) in [5, 5.41) is 0. The van der Waals surface area contributed by atoms with E-state index in [9.17, 15) is 9.59 Å². The standard InChI is InChI=1S/C18H24N2O4/c1-23-15-9-13(10-16(11-15)24-2)7-8-18(22)20(12-17(19)21)14-5-3-4-6-14/h7-11,14H,3-6,12H2,1-2H3,(H2,19,21). The normalized spacial score (nSPS) is 14.8. The maximum absolute atomic E-state index is 12.5. The first-order chi connectivity index (χ1) is 11.5. The van der Waals surface area contributed by atoms with Crippen molar-refractivity contribution in [1.29, 1.82) is 0 Å². The second-order valence-corrected chi connectivity index (χ2v) is 5.85. The molecule has 0 aromatic heterocycles. The molecule has 0 atom stereocenters. The smallest absolute Gasteiger partial charge is 0.247 e. The average molecular weight is 332 g/mol. The molecule has 1 saturated carbocycles. The zero-order valence-corrected chi connectivity index (χ0v) is 14.2. The number of carbonyl (C=O) groups excluding carboxylic acids is 2. The van der Waals surface area contributed by atoms with Crippen molar-refractivity contribution in [3.8, 4) is 11.5 Å². The summed E-state index contributed by atoms with van der Waals surface area (Å²) >= 11 is 0. The first kappa shape index (κ1) is 17.8. The van der Waals surface area contributed by atoms with Crippen molar-refractivity contribution in [3.63, 3.8) is 0 Å². The van der Waals surface area contributed by atoms with Crippen LogP contribution in [0.4, 0.5) is 0 Å². The van der Waals surface area contributed by atoms with Crippen molar-refractivity contribution in [2.24, 2.45) is 5.73 Å². The van der Waals surface area contributed by atoms with Gasteiger partial charge in [-0.15, -0.1) is 0 Å². The molecule has 24 heavy (non-hydrogen) atoms. The monoisotopic (exact) mass is 332 g/mol. The highest BCUT2D eigenvalue weighted by Gasteiger charge is 2.26. The van der Waals surface area contributed by atoms with Crippen LogP contribution in [0.2, 0.25) is 0 Å². The van der Waals surface area contributed by atoms with Crippen molar-refractivity contribution in [2.75, 3.05) is 20.8 Å². The predicted molar refractivity (Wildman–Crippen MR) is 91.7 cm³/mol. The first-order valence-corrected chi connectivity index (χ1v) is 8.03. The van der Waals surface area contributed by atoms with E-state index in [0.29, 0.717) is 11.5 Å². The molecule has 0 bridgehead atoms. The summed E-state index contributed by atoms with van der Waals surface area (Å²) in [5.74, 6) is 0.589. The quantitative estimate of drug-likeness (QED) is 0.774. The fourth-order valence-corrected chi connectivity index (χ4v) is 2.96. The highest BCUT2D eigenvalue weighted by Crippen LogP contribution is 2.25. The summed E-state index contributed by atoms with van der Waals surface area (Å²) in [6.45, 7) is -0.0464. The van der Waals surface area contributed by atoms with Gasteiger partial charge < -0.3 is 20.1 Å². The van der Waals surface area contributed by atoms with Gasteiger partial charge in [0.1, 0.15) is 11.5 Å². The Balaban J connectivity index is 2.15. The van der Waals surface area contributed by atoms with Crippen molar-refractivity contribution in [2.45, 2.75) is 31.7 Å². The Morgan fingerprint density at radius 1 is 1.17 bits per heavy atom. The van der Waals surface area contributed by atoms with Crippen LogP contribution in [0.25, 0.3) is 6.08 Å². The first-order valence-electron chi connectivity index (χ1n) is 8.03. The Labute approximate surface area is 142 Å². The zero-order chi connectivity index (χ0) is 17.5. The number of carbonyl (C=O) groups is 2. The molecule has 0 unspecified atom stereocenters. The molecule has 0 saturated heterocycles. The molecule has 2 N–H and O–H groups in total. The lowest BCUT2D eigenvalue weighted by Crippen LogP contribution is -2.43. The number of primary amides is 1. The maximum atomic E-state index is 12.5. The van der Waals surface area contributed by atoms with E-state index in [0.717, 1.165) is 31.2 Å². The summed E-state index contributed by atoms with van der Waals surface area (Å²) in [5.41, 5.74) is 6.07. The lowest BCUT2D eigenvalue weighted by molar-refractivity contribution is -0.133. The SMILES string of the molecule is COc1cc(C=CC(=O)N(CC(N)=O)C2CCCC2)cc(OC)c1. The Kier molecular flexibility index (Phi) is 6.23. The molecule has 2 amide bonds. The molecule has 1 aromatic rings. The van der Waals surface area contributed by atoms with Gasteiger partial charge in [0, 0.05) is 18.2 Å². The molecule has 1 aromatic carbocycles. The van der Waals surface area contributed by atoms with Crippen LogP contribution in [0.5, 0.6) is 11.5 Å². The van der Waals surface area contributed by atoms with Gasteiger partial charge in [-0.2, -0.15) is 0 Å². The second-order valence-electron chi connectivity index (χ2n) is 5.85. The van der Waals surface area contributed by atoms with Gasteiger partial charge in [0.25, 0.3) is 0 Å². The molecule has 6 nitrogen and oxygen atoms in total. The number of nitrogens with two attached hydrogens (primary N) is 1. The van der Waals surface area contributed by atoms with Crippen LogP contribution in [0.15, 0.2) is 24.3 Å². The highest BCUT2D eigenvalue weighted by molar-refractivity contribution is 5.94. The van der Waals surface area contributed by atoms with E-state index in [1.165, 1.54) is 6.08 Å². The van der Waals surface area contributed by atoms with Gasteiger partial charge in [-0.25, -0.2) is 0 Å². The van der Waals surface area contributed by atoms with E-state index in [1.54, 1.807) is 43.4 Å². The van der Waals surface area contributed by atoms with E-state index in [-0.39, 0.29) is 18.5 Å². The minimum Gasteiger partial charge on any atom is -0.497 e.